The molecule has 2 aromatic carbocycles. The van der Waals surface area contributed by atoms with Gasteiger partial charge in [0.2, 0.25) is 11.8 Å². The van der Waals surface area contributed by atoms with Crippen LogP contribution in [0, 0.1) is 18.8 Å². The number of esters is 1. The Labute approximate surface area is 181 Å². The van der Waals surface area contributed by atoms with Gasteiger partial charge in [-0.3, -0.25) is 24.6 Å². The molecule has 0 saturated carbocycles. The summed E-state index contributed by atoms with van der Waals surface area (Å²) in [6, 6.07) is 13.6. The number of carbonyl (C=O) groups excluding carboxylic acids is 3. The quantitative estimate of drug-likeness (QED) is 0.566. The lowest BCUT2D eigenvalue weighted by atomic mass is 9.76. The number of aryl methyl sites for hydroxylation is 1. The fourth-order valence-electron chi connectivity index (χ4n) is 5.12. The first-order chi connectivity index (χ1) is 14.8. The molecule has 2 aliphatic rings. The zero-order valence-electron chi connectivity index (χ0n) is 17.8. The molecule has 2 N–H and O–H groups in total. The second kappa shape index (κ2) is 7.81. The van der Waals surface area contributed by atoms with Crippen molar-refractivity contribution in [3.05, 3.63) is 65.2 Å². The number of carbonyl (C=O) groups is 3. The van der Waals surface area contributed by atoms with Crippen LogP contribution in [-0.2, 0) is 25.5 Å². The van der Waals surface area contributed by atoms with E-state index >= 15 is 0 Å². The molecule has 162 valence electrons. The minimum Gasteiger partial charge on any atom is -0.508 e. The van der Waals surface area contributed by atoms with E-state index < -0.39 is 29.4 Å². The highest BCUT2D eigenvalue weighted by Crippen LogP contribution is 2.50. The van der Waals surface area contributed by atoms with Crippen molar-refractivity contribution in [2.45, 2.75) is 31.8 Å². The molecule has 2 amide bonds. The van der Waals surface area contributed by atoms with Gasteiger partial charge in [-0.15, -0.1) is 0 Å². The predicted octanol–water partition coefficient (Wildman–Crippen LogP) is 2.12. The lowest BCUT2D eigenvalue weighted by Crippen LogP contribution is -2.57. The molecule has 0 unspecified atom stereocenters. The minimum absolute atomic E-state index is 0.107. The molecule has 0 spiro atoms. The van der Waals surface area contributed by atoms with Crippen molar-refractivity contribution in [1.29, 1.82) is 0 Å². The van der Waals surface area contributed by atoms with E-state index in [1.807, 2.05) is 31.2 Å². The summed E-state index contributed by atoms with van der Waals surface area (Å²) < 4.78 is 5.18. The van der Waals surface area contributed by atoms with Crippen molar-refractivity contribution in [2.75, 3.05) is 13.7 Å². The van der Waals surface area contributed by atoms with Gasteiger partial charge < -0.3 is 9.84 Å². The van der Waals surface area contributed by atoms with Crippen LogP contribution >= 0.6 is 0 Å². The smallest absolute Gasteiger partial charge is 0.327 e. The third kappa shape index (κ3) is 3.20. The number of imide groups is 1. The third-order valence-corrected chi connectivity index (χ3v) is 6.55. The molecule has 0 aromatic heterocycles. The Hall–Kier alpha value is -3.19. The number of hydrogen-bond donors (Lipinski definition) is 2. The Bertz CT molecular complexity index is 1030. The van der Waals surface area contributed by atoms with Gasteiger partial charge in [0.25, 0.3) is 0 Å². The number of ether oxygens (including phenoxy) is 1. The van der Waals surface area contributed by atoms with Crippen LogP contribution in [0.25, 0.3) is 0 Å². The number of phenols is 1. The highest BCUT2D eigenvalue weighted by molar-refractivity contribution is 6.09. The first-order valence-corrected chi connectivity index (χ1v) is 10.4. The molecule has 31 heavy (non-hydrogen) atoms. The Kier molecular flexibility index (Phi) is 5.31. The third-order valence-electron chi connectivity index (χ3n) is 6.55. The first kappa shape index (κ1) is 21.1. The van der Waals surface area contributed by atoms with Gasteiger partial charge in [0, 0.05) is 19.0 Å². The Morgan fingerprint density at radius 1 is 1.13 bits per heavy atom. The average Bonchev–Trinajstić information content (AvgIpc) is 3.23. The normalized spacial score (nSPS) is 27.5. The summed E-state index contributed by atoms with van der Waals surface area (Å²) >= 11 is 0. The number of nitrogens with one attached hydrogen (secondary N) is 1. The Balaban J connectivity index is 1.88. The van der Waals surface area contributed by atoms with Crippen LogP contribution in [-0.4, -0.2) is 47.0 Å². The summed E-state index contributed by atoms with van der Waals surface area (Å²) in [4.78, 5) is 41.2. The lowest BCUT2D eigenvalue weighted by Gasteiger charge is -2.32. The zero-order valence-corrected chi connectivity index (χ0v) is 17.8. The van der Waals surface area contributed by atoms with Gasteiger partial charge in [0.15, 0.2) is 0 Å². The van der Waals surface area contributed by atoms with Gasteiger partial charge in [-0.2, -0.15) is 0 Å². The van der Waals surface area contributed by atoms with Crippen molar-refractivity contribution in [2.24, 2.45) is 11.8 Å². The van der Waals surface area contributed by atoms with E-state index in [4.69, 9.17) is 4.74 Å². The van der Waals surface area contributed by atoms with Crippen molar-refractivity contribution < 1.29 is 24.2 Å². The number of methoxy groups -OCH3 is 1. The summed E-state index contributed by atoms with van der Waals surface area (Å²) in [5.41, 5.74) is 1.20. The molecule has 0 radical (unpaired) electrons. The van der Waals surface area contributed by atoms with Gasteiger partial charge in [0.05, 0.1) is 18.9 Å². The Morgan fingerprint density at radius 3 is 2.42 bits per heavy atom. The number of phenolic OH excluding ortho intramolecular Hbond substituents is 1. The summed E-state index contributed by atoms with van der Waals surface area (Å²) in [6.45, 7) is 3.96. The van der Waals surface area contributed by atoms with Crippen molar-refractivity contribution in [3.63, 3.8) is 0 Å². The van der Waals surface area contributed by atoms with Crippen molar-refractivity contribution >= 4 is 17.8 Å². The van der Waals surface area contributed by atoms with Crippen molar-refractivity contribution in [3.8, 4) is 5.75 Å². The fourth-order valence-corrected chi connectivity index (χ4v) is 5.12. The minimum atomic E-state index is -1.40. The van der Waals surface area contributed by atoms with Crippen LogP contribution in [0.15, 0.2) is 48.5 Å². The van der Waals surface area contributed by atoms with Gasteiger partial charge in [-0.25, -0.2) is 0 Å². The van der Waals surface area contributed by atoms with E-state index in [1.165, 1.54) is 24.1 Å². The summed E-state index contributed by atoms with van der Waals surface area (Å²) in [5.74, 6) is -2.68. The van der Waals surface area contributed by atoms with E-state index in [0.717, 1.165) is 16.7 Å². The van der Waals surface area contributed by atoms with Crippen LogP contribution in [0.3, 0.4) is 0 Å². The predicted molar refractivity (Wildman–Crippen MR) is 113 cm³/mol. The summed E-state index contributed by atoms with van der Waals surface area (Å²) in [7, 11) is 1.29. The monoisotopic (exact) mass is 422 g/mol. The number of benzene rings is 2. The molecule has 7 nitrogen and oxygen atoms in total. The molecule has 4 atom stereocenters. The van der Waals surface area contributed by atoms with Crippen LogP contribution < -0.4 is 5.32 Å². The van der Waals surface area contributed by atoms with Gasteiger partial charge >= 0.3 is 5.97 Å². The number of aromatic hydroxyl groups is 1. The lowest BCUT2D eigenvalue weighted by molar-refractivity contribution is -0.154. The average molecular weight is 422 g/mol. The second-order valence-electron chi connectivity index (χ2n) is 8.21. The molecule has 7 heteroatoms. The number of fused-ring (bicyclic) bond motifs is 1. The van der Waals surface area contributed by atoms with Gasteiger partial charge in [-0.05, 0) is 42.7 Å². The summed E-state index contributed by atoms with van der Waals surface area (Å²) in [5, 5.41) is 13.0. The molecule has 2 aromatic rings. The van der Waals surface area contributed by atoms with Crippen LogP contribution in [0.1, 0.15) is 29.7 Å². The SMILES string of the molecule is CCN1C(=O)[C@H]2[C@@H](C1=O)[C@](Cc1ccc(O)cc1)(C(=O)OC)N[C@H]2c1ccccc1C. The van der Waals surface area contributed by atoms with Gasteiger partial charge in [-0.1, -0.05) is 36.4 Å². The molecule has 2 fully saturated rings. The van der Waals surface area contributed by atoms with E-state index in [1.54, 1.807) is 19.1 Å². The number of nitrogens with zero attached hydrogens (tertiary/aromatic N) is 1. The number of amides is 2. The molecule has 0 aliphatic carbocycles. The maximum atomic E-state index is 13.4. The largest absolute Gasteiger partial charge is 0.508 e. The van der Waals surface area contributed by atoms with Crippen LogP contribution in [0.5, 0.6) is 5.75 Å². The molecule has 0 bridgehead atoms. The zero-order chi connectivity index (χ0) is 22.3. The topological polar surface area (TPSA) is 95.9 Å². The maximum Gasteiger partial charge on any atom is 0.327 e. The molecular formula is C24H26N2O5. The van der Waals surface area contributed by atoms with E-state index in [9.17, 15) is 19.5 Å². The van der Waals surface area contributed by atoms with Gasteiger partial charge in [0.1, 0.15) is 11.3 Å². The molecule has 2 aliphatic heterocycles. The molecule has 2 saturated heterocycles. The standard InChI is InChI=1S/C24H26N2O5/c1-4-26-21(28)18-19(22(26)29)24(23(30)31-3,13-15-9-11-16(27)12-10-15)25-20(18)17-8-6-5-7-14(17)2/h5-12,18-20,25,27H,4,13H2,1-3H3/t18-,19-,20-,24+/m0/s1. The van der Waals surface area contributed by atoms with E-state index in [2.05, 4.69) is 5.32 Å². The van der Waals surface area contributed by atoms with E-state index in [0.29, 0.717) is 0 Å². The first-order valence-electron chi connectivity index (χ1n) is 10.4. The fraction of sp³-hybridized carbons (Fsp3) is 0.375. The maximum absolute atomic E-state index is 13.4. The summed E-state index contributed by atoms with van der Waals surface area (Å²) in [6.07, 6.45) is 0.153. The molecular weight excluding hydrogens is 396 g/mol. The second-order valence-corrected chi connectivity index (χ2v) is 8.21. The highest BCUT2D eigenvalue weighted by Gasteiger charge is 2.68. The Morgan fingerprint density at radius 2 is 1.81 bits per heavy atom. The van der Waals surface area contributed by atoms with Crippen LogP contribution in [0.2, 0.25) is 0 Å². The van der Waals surface area contributed by atoms with Crippen LogP contribution in [0.4, 0.5) is 0 Å². The highest BCUT2D eigenvalue weighted by atomic mass is 16.5. The molecule has 4 rings (SSSR count). The van der Waals surface area contributed by atoms with Crippen molar-refractivity contribution in [1.82, 2.24) is 10.2 Å². The molecule has 2 heterocycles. The van der Waals surface area contributed by atoms with E-state index in [-0.39, 0.29) is 30.5 Å². The number of likely N-dealkylation sites (tertiary alicyclic amines) is 1. The number of hydrogen-bond acceptors (Lipinski definition) is 6. The number of rotatable bonds is 5.